The van der Waals surface area contributed by atoms with E-state index < -0.39 is 47.7 Å². The highest BCUT2D eigenvalue weighted by atomic mass is 19.4. The molecule has 10 nitrogen and oxygen atoms in total. The van der Waals surface area contributed by atoms with Crippen molar-refractivity contribution in [1.29, 1.82) is 0 Å². The number of nitrogens with zero attached hydrogens (tertiary/aromatic N) is 2. The maximum absolute atomic E-state index is 12.9. The molecule has 0 radical (unpaired) electrons. The first-order chi connectivity index (χ1) is 16.5. The average molecular weight is 494 g/mol. The Kier molecular flexibility index (Phi) is 6.34. The van der Waals surface area contributed by atoms with Crippen molar-refractivity contribution in [2.75, 3.05) is 19.6 Å². The van der Waals surface area contributed by atoms with Crippen LogP contribution in [0.2, 0.25) is 0 Å². The zero-order valence-electron chi connectivity index (χ0n) is 18.3. The fourth-order valence-corrected chi connectivity index (χ4v) is 4.47. The number of likely N-dealkylation sites (tertiary alicyclic amines) is 1. The van der Waals surface area contributed by atoms with E-state index in [2.05, 4.69) is 10.6 Å². The van der Waals surface area contributed by atoms with Gasteiger partial charge in [-0.3, -0.25) is 39.0 Å². The molecule has 13 heteroatoms. The molecule has 0 aliphatic carbocycles. The minimum atomic E-state index is -4.92. The van der Waals surface area contributed by atoms with Crippen LogP contribution in [0, 0.1) is 5.92 Å². The molecule has 3 heterocycles. The second kappa shape index (κ2) is 9.12. The lowest BCUT2D eigenvalue weighted by Gasteiger charge is -2.32. The second-order valence-corrected chi connectivity index (χ2v) is 8.65. The second-order valence-electron chi connectivity index (χ2n) is 8.65. The Bertz CT molecular complexity index is 1130. The van der Waals surface area contributed by atoms with Gasteiger partial charge in [-0.05, 0) is 43.4 Å². The summed E-state index contributed by atoms with van der Waals surface area (Å²) in [6, 6.07) is 2.81. The summed E-state index contributed by atoms with van der Waals surface area (Å²) in [5.41, 5.74) is 0.101. The first-order valence-electron chi connectivity index (χ1n) is 11.0. The van der Waals surface area contributed by atoms with Gasteiger partial charge >= 0.3 is 12.1 Å². The molecule has 1 aromatic rings. The number of nitrogens with one attached hydrogen (secondary N) is 2. The van der Waals surface area contributed by atoms with E-state index in [9.17, 15) is 41.9 Å². The number of hydrogen-bond acceptors (Lipinski definition) is 6. The molecule has 0 spiro atoms. The van der Waals surface area contributed by atoms with Crippen LogP contribution in [0.25, 0.3) is 0 Å². The highest BCUT2D eigenvalue weighted by Crippen LogP contribution is 2.28. The lowest BCUT2D eigenvalue weighted by atomic mass is 9.96. The van der Waals surface area contributed by atoms with Crippen LogP contribution in [0.15, 0.2) is 18.2 Å². The van der Waals surface area contributed by atoms with E-state index >= 15 is 0 Å². The van der Waals surface area contributed by atoms with E-state index in [1.165, 1.54) is 18.2 Å². The Hall–Kier alpha value is -3.77. The van der Waals surface area contributed by atoms with Crippen molar-refractivity contribution in [3.05, 3.63) is 34.9 Å². The van der Waals surface area contributed by atoms with Crippen molar-refractivity contribution in [3.63, 3.8) is 0 Å². The maximum atomic E-state index is 12.9. The molecule has 4 rings (SSSR count). The molecule has 2 saturated heterocycles. The third kappa shape index (κ3) is 4.75. The number of fused-ring (bicyclic) bond motifs is 1. The number of hydrogen-bond donors (Lipinski definition) is 2. The van der Waals surface area contributed by atoms with Crippen molar-refractivity contribution in [3.8, 4) is 0 Å². The highest BCUT2D eigenvalue weighted by Gasteiger charge is 2.45. The van der Waals surface area contributed by atoms with E-state index in [0.717, 1.165) is 9.80 Å². The van der Waals surface area contributed by atoms with Gasteiger partial charge in [0.05, 0.1) is 11.1 Å². The number of rotatable bonds is 4. The predicted octanol–water partition coefficient (Wildman–Crippen LogP) is 0.618. The Morgan fingerprint density at radius 1 is 1.00 bits per heavy atom. The van der Waals surface area contributed by atoms with Crippen LogP contribution < -0.4 is 10.6 Å². The van der Waals surface area contributed by atoms with E-state index in [4.69, 9.17) is 0 Å². The molecule has 0 aromatic heterocycles. The summed E-state index contributed by atoms with van der Waals surface area (Å²) in [7, 11) is 0. The quantitative estimate of drug-likeness (QED) is 0.590. The van der Waals surface area contributed by atoms with Gasteiger partial charge in [-0.15, -0.1) is 0 Å². The lowest BCUT2D eigenvalue weighted by molar-refractivity contribution is -0.186. The summed E-state index contributed by atoms with van der Waals surface area (Å²) in [6.45, 7) is 0.0360. The van der Waals surface area contributed by atoms with Gasteiger partial charge < -0.3 is 10.2 Å². The zero-order valence-corrected chi connectivity index (χ0v) is 18.3. The van der Waals surface area contributed by atoms with Crippen LogP contribution in [0.1, 0.15) is 56.8 Å². The lowest BCUT2D eigenvalue weighted by Crippen LogP contribution is -2.54. The number of piperidine rings is 2. The van der Waals surface area contributed by atoms with Crippen molar-refractivity contribution in [2.45, 2.75) is 37.9 Å². The van der Waals surface area contributed by atoms with Crippen molar-refractivity contribution >= 4 is 35.4 Å². The summed E-state index contributed by atoms with van der Waals surface area (Å²) in [5.74, 6) is -5.19. The van der Waals surface area contributed by atoms with Gasteiger partial charge in [-0.2, -0.15) is 13.2 Å². The Balaban J connectivity index is 1.36. The van der Waals surface area contributed by atoms with Crippen molar-refractivity contribution < 1.29 is 41.9 Å². The molecule has 6 amide bonds. The molecule has 35 heavy (non-hydrogen) atoms. The highest BCUT2D eigenvalue weighted by molar-refractivity contribution is 6.24. The molecule has 0 saturated carbocycles. The largest absolute Gasteiger partial charge is 0.471 e. The van der Waals surface area contributed by atoms with E-state index in [-0.39, 0.29) is 55.1 Å². The third-order valence-electron chi connectivity index (χ3n) is 6.40. The summed E-state index contributed by atoms with van der Waals surface area (Å²) in [4.78, 5) is 74.6. The molecule has 1 atom stereocenters. The van der Waals surface area contributed by atoms with Gasteiger partial charge in [0.25, 0.3) is 17.7 Å². The number of halogens is 3. The molecular formula is C22H21F3N4O6. The monoisotopic (exact) mass is 494 g/mol. The average Bonchev–Trinajstić information content (AvgIpc) is 3.06. The Morgan fingerprint density at radius 2 is 1.66 bits per heavy atom. The summed E-state index contributed by atoms with van der Waals surface area (Å²) < 4.78 is 37.7. The Labute approximate surface area is 196 Å². The van der Waals surface area contributed by atoms with Crippen LogP contribution in [-0.4, -0.2) is 77.1 Å². The molecule has 2 N–H and O–H groups in total. The van der Waals surface area contributed by atoms with Crippen molar-refractivity contribution in [1.82, 2.24) is 20.4 Å². The molecule has 2 fully saturated rings. The number of amides is 6. The molecule has 3 aliphatic heterocycles. The van der Waals surface area contributed by atoms with Gasteiger partial charge in [-0.1, -0.05) is 0 Å². The minimum Gasteiger partial charge on any atom is -0.352 e. The van der Waals surface area contributed by atoms with Gasteiger partial charge in [0.2, 0.25) is 11.8 Å². The molecule has 186 valence electrons. The first-order valence-corrected chi connectivity index (χ1v) is 11.0. The normalized spacial score (nSPS) is 21.2. The van der Waals surface area contributed by atoms with Gasteiger partial charge in [0, 0.05) is 31.6 Å². The molecule has 3 aliphatic rings. The number of imide groups is 2. The zero-order chi connectivity index (χ0) is 25.5. The number of alkyl halides is 3. The minimum absolute atomic E-state index is 0.0108. The van der Waals surface area contributed by atoms with E-state index in [1.54, 1.807) is 0 Å². The molecular weight excluding hydrogens is 473 g/mol. The molecule has 0 bridgehead atoms. The fraction of sp³-hybridized carbons (Fsp3) is 0.455. The van der Waals surface area contributed by atoms with E-state index in [0.29, 0.717) is 12.8 Å². The fourth-order valence-electron chi connectivity index (χ4n) is 4.47. The van der Waals surface area contributed by atoms with Crippen LogP contribution >= 0.6 is 0 Å². The van der Waals surface area contributed by atoms with Crippen LogP contribution in [0.4, 0.5) is 13.2 Å². The summed E-state index contributed by atoms with van der Waals surface area (Å²) >= 11 is 0. The number of benzene rings is 1. The van der Waals surface area contributed by atoms with Crippen LogP contribution in [-0.2, 0) is 14.4 Å². The van der Waals surface area contributed by atoms with Crippen LogP contribution in [0.3, 0.4) is 0 Å². The summed E-state index contributed by atoms with van der Waals surface area (Å²) in [5, 5.41) is 4.77. The maximum Gasteiger partial charge on any atom is 0.471 e. The summed E-state index contributed by atoms with van der Waals surface area (Å²) in [6.07, 6.45) is -4.33. The molecule has 1 aromatic carbocycles. The van der Waals surface area contributed by atoms with Gasteiger partial charge in [0.1, 0.15) is 6.04 Å². The Morgan fingerprint density at radius 3 is 2.29 bits per heavy atom. The topological polar surface area (TPSA) is 133 Å². The first kappa shape index (κ1) is 24.4. The number of carbonyl (C=O) groups excluding carboxylic acids is 6. The standard InChI is InChI=1S/C22H21F3N4O6/c23-22(24,25)21(35)28-7-5-11(6-8-28)10-26-17(31)12-1-2-13-14(9-12)20(34)29(19(13)33)15-3-4-16(30)27-18(15)32/h1-2,9,11,15H,3-8,10H2,(H,26,31)(H,27,30,32). The smallest absolute Gasteiger partial charge is 0.352 e. The third-order valence-corrected chi connectivity index (χ3v) is 6.40. The van der Waals surface area contributed by atoms with Crippen molar-refractivity contribution in [2.24, 2.45) is 5.92 Å². The SMILES string of the molecule is O=C1CCC(N2C(=O)c3ccc(C(=O)NCC4CCN(C(=O)C(F)(F)F)CC4)cc3C2=O)C(=O)N1. The van der Waals surface area contributed by atoms with Gasteiger partial charge in [0.15, 0.2) is 0 Å². The molecule has 1 unspecified atom stereocenters. The predicted molar refractivity (Wildman–Crippen MR) is 111 cm³/mol. The number of carbonyl (C=O) groups is 6. The van der Waals surface area contributed by atoms with E-state index in [1.807, 2.05) is 0 Å². The van der Waals surface area contributed by atoms with Gasteiger partial charge in [-0.25, -0.2) is 0 Å². The van der Waals surface area contributed by atoms with Crippen LogP contribution in [0.5, 0.6) is 0 Å².